The average molecular weight is 497 g/mol. The zero-order valence-electron chi connectivity index (χ0n) is 17.3. The number of halogens is 1. The van der Waals surface area contributed by atoms with Crippen LogP contribution >= 0.6 is 15.9 Å². The molecule has 2 aromatic carbocycles. The lowest BCUT2D eigenvalue weighted by atomic mass is 10.1. The summed E-state index contributed by atoms with van der Waals surface area (Å²) in [6, 6.07) is 12.6. The van der Waals surface area contributed by atoms with Crippen molar-refractivity contribution in [2.24, 2.45) is 0 Å². The SMILES string of the molecule is COc1ccc(-c2nc3c4cccc(Br)c4nc(N[C@@H]4CN(O)CCCC4=O)n3n2)cc1. The minimum atomic E-state index is -0.605. The Morgan fingerprint density at radius 1 is 1.19 bits per heavy atom. The highest BCUT2D eigenvalue weighted by Gasteiger charge is 2.26. The molecule has 0 spiro atoms. The van der Waals surface area contributed by atoms with Crippen LogP contribution in [0.25, 0.3) is 27.9 Å². The summed E-state index contributed by atoms with van der Waals surface area (Å²) in [6.45, 7) is 0.636. The van der Waals surface area contributed by atoms with Crippen LogP contribution in [0.2, 0.25) is 0 Å². The van der Waals surface area contributed by atoms with E-state index < -0.39 is 6.04 Å². The molecule has 5 rings (SSSR count). The molecule has 1 aliphatic heterocycles. The zero-order chi connectivity index (χ0) is 22.2. The lowest BCUT2D eigenvalue weighted by molar-refractivity contribution is -0.122. The largest absolute Gasteiger partial charge is 0.497 e. The van der Waals surface area contributed by atoms with Gasteiger partial charge < -0.3 is 15.3 Å². The first-order valence-corrected chi connectivity index (χ1v) is 11.1. The van der Waals surface area contributed by atoms with Crippen molar-refractivity contribution in [1.29, 1.82) is 0 Å². The molecule has 0 unspecified atom stereocenters. The van der Waals surface area contributed by atoms with Crippen LogP contribution in [0.5, 0.6) is 5.75 Å². The van der Waals surface area contributed by atoms with E-state index in [1.54, 1.807) is 11.6 Å². The molecule has 0 saturated carbocycles. The third-order valence-electron chi connectivity index (χ3n) is 5.53. The fraction of sp³-hybridized carbons (Fsp3) is 0.273. The van der Waals surface area contributed by atoms with Gasteiger partial charge in [-0.2, -0.15) is 9.58 Å². The maximum Gasteiger partial charge on any atom is 0.227 e. The van der Waals surface area contributed by atoms with Crippen molar-refractivity contribution in [2.45, 2.75) is 18.9 Å². The number of hydroxylamine groups is 2. The Labute approximate surface area is 192 Å². The van der Waals surface area contributed by atoms with Gasteiger partial charge in [0.25, 0.3) is 0 Å². The highest BCUT2D eigenvalue weighted by atomic mass is 79.9. The first-order valence-electron chi connectivity index (χ1n) is 10.3. The van der Waals surface area contributed by atoms with E-state index in [9.17, 15) is 10.0 Å². The Balaban J connectivity index is 1.65. The molecule has 2 N–H and O–H groups in total. The second kappa shape index (κ2) is 8.45. The van der Waals surface area contributed by atoms with Gasteiger partial charge in [0.05, 0.1) is 19.2 Å². The Morgan fingerprint density at radius 3 is 2.78 bits per heavy atom. The normalized spacial score (nSPS) is 17.6. The van der Waals surface area contributed by atoms with Crippen molar-refractivity contribution < 1.29 is 14.7 Å². The molecule has 0 radical (unpaired) electrons. The standard InChI is InChI=1S/C22H21BrN6O3/c1-32-14-9-7-13(8-10-14)20-26-21-15-4-2-5-16(23)19(15)25-22(29(21)27-20)24-17-12-28(31)11-3-6-18(17)30/h2,4-5,7-10,17,31H,3,6,11-12H2,1H3,(H,24,25)/t17-/m1/s1. The fourth-order valence-electron chi connectivity index (χ4n) is 3.85. The quantitative estimate of drug-likeness (QED) is 0.441. The molecule has 0 bridgehead atoms. The number of methoxy groups -OCH3 is 1. The highest BCUT2D eigenvalue weighted by Crippen LogP contribution is 2.29. The van der Waals surface area contributed by atoms with Crippen molar-refractivity contribution in [1.82, 2.24) is 24.6 Å². The number of aromatic nitrogens is 4. The van der Waals surface area contributed by atoms with Gasteiger partial charge in [0.1, 0.15) is 11.8 Å². The molecule has 4 aromatic rings. The molecule has 2 aromatic heterocycles. The summed E-state index contributed by atoms with van der Waals surface area (Å²) in [4.78, 5) is 22.2. The Bertz CT molecular complexity index is 1310. The number of ether oxygens (including phenoxy) is 1. The third-order valence-corrected chi connectivity index (χ3v) is 6.17. The predicted octanol–water partition coefficient (Wildman–Crippen LogP) is 3.55. The number of Topliss-reactive ketones (excluding diaryl/α,β-unsaturated/α-hetero) is 1. The summed E-state index contributed by atoms with van der Waals surface area (Å²) < 4.78 is 7.67. The molecular formula is C22H21BrN6O3. The summed E-state index contributed by atoms with van der Waals surface area (Å²) in [6.07, 6.45) is 1.01. The summed E-state index contributed by atoms with van der Waals surface area (Å²) >= 11 is 3.57. The van der Waals surface area contributed by atoms with E-state index >= 15 is 0 Å². The summed E-state index contributed by atoms with van der Waals surface area (Å²) in [5, 5.41) is 19.9. The number of ketones is 1. The molecule has 0 aliphatic carbocycles. The number of para-hydroxylation sites is 1. The molecule has 1 aliphatic rings. The molecule has 1 atom stereocenters. The van der Waals surface area contributed by atoms with Crippen LogP contribution in [-0.2, 0) is 4.79 Å². The van der Waals surface area contributed by atoms with Gasteiger partial charge in [-0.1, -0.05) is 6.07 Å². The van der Waals surface area contributed by atoms with E-state index in [1.807, 2.05) is 42.5 Å². The highest BCUT2D eigenvalue weighted by molar-refractivity contribution is 9.10. The molecule has 1 saturated heterocycles. The molecule has 10 heteroatoms. The zero-order valence-corrected chi connectivity index (χ0v) is 18.9. The van der Waals surface area contributed by atoms with Gasteiger partial charge in [-0.05, 0) is 58.7 Å². The molecule has 3 heterocycles. The van der Waals surface area contributed by atoms with Crippen molar-refractivity contribution in [2.75, 3.05) is 25.5 Å². The number of carbonyl (C=O) groups excluding carboxylic acids is 1. The summed E-state index contributed by atoms with van der Waals surface area (Å²) in [5.41, 5.74) is 2.15. The topological polar surface area (TPSA) is 105 Å². The van der Waals surface area contributed by atoms with Crippen LogP contribution in [0.4, 0.5) is 5.95 Å². The average Bonchev–Trinajstić information content (AvgIpc) is 3.18. The van der Waals surface area contributed by atoms with Crippen LogP contribution in [0.3, 0.4) is 0 Å². The van der Waals surface area contributed by atoms with Gasteiger partial charge in [0, 0.05) is 28.4 Å². The summed E-state index contributed by atoms with van der Waals surface area (Å²) in [5.74, 6) is 1.69. The smallest absolute Gasteiger partial charge is 0.227 e. The first kappa shape index (κ1) is 20.8. The lowest BCUT2D eigenvalue weighted by Crippen LogP contribution is -2.38. The predicted molar refractivity (Wildman–Crippen MR) is 123 cm³/mol. The van der Waals surface area contributed by atoms with Gasteiger partial charge in [-0.3, -0.25) is 4.79 Å². The number of fused-ring (bicyclic) bond motifs is 3. The molecule has 9 nitrogen and oxygen atoms in total. The molecular weight excluding hydrogens is 476 g/mol. The monoisotopic (exact) mass is 496 g/mol. The van der Waals surface area contributed by atoms with E-state index in [-0.39, 0.29) is 12.3 Å². The van der Waals surface area contributed by atoms with E-state index in [0.29, 0.717) is 42.3 Å². The van der Waals surface area contributed by atoms with Crippen molar-refractivity contribution in [3.63, 3.8) is 0 Å². The van der Waals surface area contributed by atoms with Crippen molar-refractivity contribution in [3.05, 3.63) is 46.9 Å². The van der Waals surface area contributed by atoms with Crippen molar-refractivity contribution in [3.8, 4) is 17.1 Å². The maximum atomic E-state index is 12.6. The number of nitrogens with zero attached hydrogens (tertiary/aromatic N) is 5. The molecule has 0 amide bonds. The maximum absolute atomic E-state index is 12.6. The second-order valence-corrected chi connectivity index (χ2v) is 8.50. The van der Waals surface area contributed by atoms with E-state index in [2.05, 4.69) is 26.3 Å². The summed E-state index contributed by atoms with van der Waals surface area (Å²) in [7, 11) is 1.62. The minimum Gasteiger partial charge on any atom is -0.497 e. The Morgan fingerprint density at radius 2 is 2.00 bits per heavy atom. The van der Waals surface area contributed by atoms with E-state index in [1.165, 1.54) is 5.06 Å². The Kier molecular flexibility index (Phi) is 5.50. The number of nitrogens with one attached hydrogen (secondary N) is 1. The lowest BCUT2D eigenvalue weighted by Gasteiger charge is -2.20. The van der Waals surface area contributed by atoms with Gasteiger partial charge >= 0.3 is 0 Å². The number of rotatable bonds is 4. The van der Waals surface area contributed by atoms with Gasteiger partial charge in [0.15, 0.2) is 17.3 Å². The Hall–Kier alpha value is -3.08. The molecule has 1 fully saturated rings. The number of benzene rings is 2. The van der Waals surface area contributed by atoms with Gasteiger partial charge in [-0.15, -0.1) is 5.10 Å². The second-order valence-electron chi connectivity index (χ2n) is 7.65. The van der Waals surface area contributed by atoms with Gasteiger partial charge in [-0.25, -0.2) is 9.97 Å². The van der Waals surface area contributed by atoms with E-state index in [4.69, 9.17) is 14.7 Å². The number of carbonyl (C=O) groups is 1. The van der Waals surface area contributed by atoms with Gasteiger partial charge in [0.2, 0.25) is 5.95 Å². The number of hydrogen-bond acceptors (Lipinski definition) is 8. The number of anilines is 1. The van der Waals surface area contributed by atoms with Crippen LogP contribution in [0.15, 0.2) is 46.9 Å². The van der Waals surface area contributed by atoms with Crippen LogP contribution in [0, 0.1) is 0 Å². The van der Waals surface area contributed by atoms with Crippen LogP contribution < -0.4 is 10.1 Å². The fourth-order valence-corrected chi connectivity index (χ4v) is 4.30. The van der Waals surface area contributed by atoms with Crippen LogP contribution in [-0.4, -0.2) is 61.9 Å². The first-order chi connectivity index (χ1) is 15.5. The third kappa shape index (κ3) is 3.81. The minimum absolute atomic E-state index is 0.0271. The van der Waals surface area contributed by atoms with Crippen molar-refractivity contribution >= 4 is 44.2 Å². The number of hydrogen-bond donors (Lipinski definition) is 2. The molecule has 32 heavy (non-hydrogen) atoms. The molecule has 164 valence electrons. The van der Waals surface area contributed by atoms with Crippen LogP contribution in [0.1, 0.15) is 12.8 Å². The van der Waals surface area contributed by atoms with E-state index in [0.717, 1.165) is 21.2 Å².